The second-order valence-corrected chi connectivity index (χ2v) is 9.99. The van der Waals surface area contributed by atoms with Crippen LogP contribution < -0.4 is 5.32 Å². The van der Waals surface area contributed by atoms with E-state index in [9.17, 15) is 24.3 Å². The summed E-state index contributed by atoms with van der Waals surface area (Å²) >= 11 is 1.37. The van der Waals surface area contributed by atoms with Crippen molar-refractivity contribution in [3.8, 4) is 0 Å². The molecule has 3 atom stereocenters. The number of aliphatic hydroxyl groups excluding tert-OH is 1. The van der Waals surface area contributed by atoms with E-state index in [1.165, 1.54) is 34.5 Å². The van der Waals surface area contributed by atoms with Crippen molar-refractivity contribution in [3.63, 3.8) is 0 Å². The Morgan fingerprint density at radius 3 is 2.74 bits per heavy atom. The summed E-state index contributed by atoms with van der Waals surface area (Å²) in [4.78, 5) is 49.2. The van der Waals surface area contributed by atoms with E-state index in [-0.39, 0.29) is 24.6 Å². The van der Waals surface area contributed by atoms with Crippen molar-refractivity contribution in [2.45, 2.75) is 64.1 Å². The maximum Gasteiger partial charge on any atom is 0.355 e. The first-order valence-electron chi connectivity index (χ1n) is 10.9. The first-order chi connectivity index (χ1) is 16.5. The number of ether oxygens (including phenoxy) is 3. The lowest BCUT2D eigenvalue weighted by Gasteiger charge is -2.50. The van der Waals surface area contributed by atoms with Crippen molar-refractivity contribution in [3.05, 3.63) is 23.2 Å². The molecule has 0 aromatic carbocycles. The zero-order valence-corrected chi connectivity index (χ0v) is 20.7. The van der Waals surface area contributed by atoms with Crippen LogP contribution in [0.15, 0.2) is 17.5 Å². The normalized spacial score (nSPS) is 20.7. The highest BCUT2D eigenvalue weighted by molar-refractivity contribution is 8.00. The van der Waals surface area contributed by atoms with Crippen LogP contribution in [0.4, 0.5) is 0 Å². The molecule has 3 heterocycles. The molecule has 2 aliphatic heterocycles. The van der Waals surface area contributed by atoms with Crippen molar-refractivity contribution in [1.29, 1.82) is 0 Å². The first kappa shape index (κ1) is 26.8. The molecule has 0 spiro atoms. The summed E-state index contributed by atoms with van der Waals surface area (Å²) < 4.78 is 17.3. The molecule has 1 aromatic heterocycles. The van der Waals surface area contributed by atoms with E-state index >= 15 is 0 Å². The second kappa shape index (κ2) is 11.3. The van der Waals surface area contributed by atoms with Gasteiger partial charge in [-0.05, 0) is 20.8 Å². The molecule has 1 fully saturated rings. The minimum Gasteiger partial charge on any atom is -0.461 e. The van der Waals surface area contributed by atoms with Gasteiger partial charge in [-0.25, -0.2) is 4.79 Å². The Morgan fingerprint density at radius 2 is 2.11 bits per heavy atom. The predicted octanol–water partition coefficient (Wildman–Crippen LogP) is -0.195. The summed E-state index contributed by atoms with van der Waals surface area (Å²) in [6.07, 6.45) is 1.08. The van der Waals surface area contributed by atoms with Crippen molar-refractivity contribution in [1.82, 2.24) is 25.2 Å². The summed E-state index contributed by atoms with van der Waals surface area (Å²) in [6, 6.07) is -0.769. The maximum absolute atomic E-state index is 13.0. The maximum atomic E-state index is 13.0. The van der Waals surface area contributed by atoms with Crippen molar-refractivity contribution in [2.75, 3.05) is 19.0 Å². The van der Waals surface area contributed by atoms with Crippen LogP contribution in [0.2, 0.25) is 0 Å². The zero-order valence-electron chi connectivity index (χ0n) is 19.9. The SMILES string of the molecule is CC(=O)OCC1=C(C(=O)OCCCn2cc(C=O)nn2)N2C(=O)[C@@H](NC(O)OC(C)(C)C)[C@H]2SC1. The van der Waals surface area contributed by atoms with Gasteiger partial charge in [0.1, 0.15) is 29.4 Å². The molecule has 1 saturated heterocycles. The zero-order chi connectivity index (χ0) is 25.8. The molecule has 14 heteroatoms. The van der Waals surface area contributed by atoms with Crippen LogP contribution in [-0.2, 0) is 35.1 Å². The quantitative estimate of drug-likeness (QED) is 0.133. The third-order valence-electron chi connectivity index (χ3n) is 4.92. The minimum absolute atomic E-state index is 0.0269. The Balaban J connectivity index is 1.65. The number of fused-ring (bicyclic) bond motifs is 1. The highest BCUT2D eigenvalue weighted by Crippen LogP contribution is 2.41. The standard InChI is InChI=1S/C21H29N5O8S/c1-12(28)33-10-13-11-35-18-15(22-20(31)34-21(2,3)4)17(29)26(18)16(13)19(30)32-7-5-6-25-8-14(9-27)23-24-25/h8-9,15,18,20,22,31H,5-7,10-11H2,1-4H3/t15-,18-,20?/m1/s1. The average molecular weight is 512 g/mol. The molecule has 3 rings (SSSR count). The molecule has 2 aliphatic rings. The molecule has 0 saturated carbocycles. The molecular formula is C21H29N5O8S. The Kier molecular flexibility index (Phi) is 8.64. The number of esters is 2. The summed E-state index contributed by atoms with van der Waals surface area (Å²) in [5.74, 6) is -1.34. The number of nitrogens with zero attached hydrogens (tertiary/aromatic N) is 4. The second-order valence-electron chi connectivity index (χ2n) is 8.88. The van der Waals surface area contributed by atoms with E-state index in [0.29, 0.717) is 30.6 Å². The Labute approximate surface area is 206 Å². The third-order valence-corrected chi connectivity index (χ3v) is 6.26. The lowest BCUT2D eigenvalue weighted by Crippen LogP contribution is -2.71. The Bertz CT molecular complexity index is 1000. The number of hydrogen-bond donors (Lipinski definition) is 2. The largest absolute Gasteiger partial charge is 0.461 e. The number of hydrogen-bond acceptors (Lipinski definition) is 12. The number of carbonyl (C=O) groups is 4. The molecule has 35 heavy (non-hydrogen) atoms. The Morgan fingerprint density at radius 1 is 1.37 bits per heavy atom. The van der Waals surface area contributed by atoms with Gasteiger partial charge in [-0.3, -0.25) is 29.3 Å². The topological polar surface area (TPSA) is 162 Å². The molecule has 2 N–H and O–H groups in total. The summed E-state index contributed by atoms with van der Waals surface area (Å²) in [6.45, 7) is 6.80. The van der Waals surface area contributed by atoms with E-state index < -0.39 is 41.3 Å². The number of rotatable bonds is 11. The van der Waals surface area contributed by atoms with Gasteiger partial charge < -0.3 is 19.3 Å². The number of aldehydes is 1. The summed E-state index contributed by atoms with van der Waals surface area (Å²) in [7, 11) is 0. The van der Waals surface area contributed by atoms with Gasteiger partial charge in [-0.2, -0.15) is 0 Å². The number of carbonyl (C=O) groups excluding carboxylic acids is 4. The number of aliphatic hydroxyl groups is 1. The number of nitrogens with one attached hydrogen (secondary N) is 1. The number of amides is 1. The van der Waals surface area contributed by atoms with Crippen LogP contribution in [0.5, 0.6) is 0 Å². The first-order valence-corrected chi connectivity index (χ1v) is 12.0. The monoisotopic (exact) mass is 511 g/mol. The minimum atomic E-state index is -1.37. The van der Waals surface area contributed by atoms with Gasteiger partial charge in [0.25, 0.3) is 0 Å². The van der Waals surface area contributed by atoms with Crippen molar-refractivity contribution >= 4 is 35.9 Å². The van der Waals surface area contributed by atoms with E-state index in [0.717, 1.165) is 0 Å². The van der Waals surface area contributed by atoms with E-state index in [1.54, 1.807) is 20.8 Å². The van der Waals surface area contributed by atoms with Crippen LogP contribution in [0.1, 0.15) is 44.6 Å². The fourth-order valence-electron chi connectivity index (χ4n) is 3.45. The summed E-state index contributed by atoms with van der Waals surface area (Å²) in [5.41, 5.74) is 0.0570. The third kappa shape index (κ3) is 6.87. The number of β-lactam (4-membered cyclic amide) rings is 1. The molecule has 0 aliphatic carbocycles. The van der Waals surface area contributed by atoms with Gasteiger partial charge in [-0.15, -0.1) is 16.9 Å². The van der Waals surface area contributed by atoms with Crippen LogP contribution in [0.25, 0.3) is 0 Å². The van der Waals surface area contributed by atoms with Gasteiger partial charge in [0, 0.05) is 31.2 Å². The highest BCUT2D eigenvalue weighted by Gasteiger charge is 2.54. The lowest BCUT2D eigenvalue weighted by molar-refractivity contribution is -0.194. The summed E-state index contributed by atoms with van der Waals surface area (Å²) in [5, 5.41) is 19.9. The van der Waals surface area contributed by atoms with Crippen molar-refractivity contribution < 1.29 is 38.5 Å². The van der Waals surface area contributed by atoms with Crippen LogP contribution in [0.3, 0.4) is 0 Å². The number of aromatic nitrogens is 3. The fraction of sp³-hybridized carbons (Fsp3) is 0.619. The molecular weight excluding hydrogens is 482 g/mol. The Hall–Kier alpha value is -2.81. The van der Waals surface area contributed by atoms with E-state index in [4.69, 9.17) is 14.2 Å². The van der Waals surface area contributed by atoms with E-state index in [2.05, 4.69) is 15.6 Å². The van der Waals surface area contributed by atoms with E-state index in [1.807, 2.05) is 0 Å². The molecule has 1 aromatic rings. The lowest BCUT2D eigenvalue weighted by atomic mass is 10.0. The van der Waals surface area contributed by atoms with Gasteiger partial charge in [0.15, 0.2) is 6.29 Å². The molecule has 1 unspecified atom stereocenters. The highest BCUT2D eigenvalue weighted by atomic mass is 32.2. The van der Waals surface area contributed by atoms with Gasteiger partial charge in [0.05, 0.1) is 18.4 Å². The van der Waals surface area contributed by atoms with Gasteiger partial charge in [-0.1, -0.05) is 5.21 Å². The fourth-order valence-corrected chi connectivity index (χ4v) is 4.79. The van der Waals surface area contributed by atoms with Crippen LogP contribution in [0, 0.1) is 0 Å². The number of aryl methyl sites for hydroxylation is 1. The molecule has 0 bridgehead atoms. The van der Waals surface area contributed by atoms with Gasteiger partial charge in [0.2, 0.25) is 12.3 Å². The van der Waals surface area contributed by atoms with Crippen molar-refractivity contribution in [2.24, 2.45) is 0 Å². The molecule has 13 nitrogen and oxygen atoms in total. The van der Waals surface area contributed by atoms with Gasteiger partial charge >= 0.3 is 11.9 Å². The molecule has 1 amide bonds. The smallest absolute Gasteiger partial charge is 0.355 e. The number of thioether (sulfide) groups is 1. The molecule has 0 radical (unpaired) electrons. The van der Waals surface area contributed by atoms with Crippen LogP contribution >= 0.6 is 11.8 Å². The average Bonchev–Trinajstić information content (AvgIpc) is 3.24. The predicted molar refractivity (Wildman–Crippen MR) is 122 cm³/mol. The molecule has 192 valence electrons. The van der Waals surface area contributed by atoms with Crippen LogP contribution in [-0.4, -0.2) is 91.5 Å².